The molecule has 2 amide bonds. The Morgan fingerprint density at radius 3 is 2.58 bits per heavy atom. The average molecular weight is 261 g/mol. The largest absolute Gasteiger partial charge is 0.398 e. The van der Waals surface area contributed by atoms with Crippen LogP contribution >= 0.6 is 0 Å². The number of hydrogen-bond acceptors (Lipinski definition) is 3. The minimum atomic E-state index is -0.176. The Morgan fingerprint density at radius 2 is 1.89 bits per heavy atom. The standard InChI is InChI=1S/C14H19N3O2/c15-12-6-2-1-5-11(12)9-13(18)16-10-14(19)17-7-3-4-8-17/h1-2,5-6H,3-4,7-10,15H2,(H,16,18). The van der Waals surface area contributed by atoms with E-state index in [1.54, 1.807) is 11.0 Å². The molecule has 1 aromatic carbocycles. The van der Waals surface area contributed by atoms with E-state index in [9.17, 15) is 9.59 Å². The normalized spacial score (nSPS) is 14.4. The predicted octanol–water partition coefficient (Wildman–Crippen LogP) is 0.550. The van der Waals surface area contributed by atoms with Crippen molar-refractivity contribution in [1.29, 1.82) is 0 Å². The number of para-hydroxylation sites is 1. The van der Waals surface area contributed by atoms with Crippen LogP contribution in [-0.2, 0) is 16.0 Å². The van der Waals surface area contributed by atoms with Gasteiger partial charge in [0.15, 0.2) is 0 Å². The predicted molar refractivity (Wildman–Crippen MR) is 73.4 cm³/mol. The van der Waals surface area contributed by atoms with Gasteiger partial charge in [-0.1, -0.05) is 18.2 Å². The van der Waals surface area contributed by atoms with Gasteiger partial charge < -0.3 is 16.0 Å². The van der Waals surface area contributed by atoms with Crippen LogP contribution in [0.25, 0.3) is 0 Å². The van der Waals surface area contributed by atoms with Gasteiger partial charge in [0.2, 0.25) is 11.8 Å². The van der Waals surface area contributed by atoms with Gasteiger partial charge in [-0.2, -0.15) is 0 Å². The van der Waals surface area contributed by atoms with Crippen LogP contribution in [0, 0.1) is 0 Å². The summed E-state index contributed by atoms with van der Waals surface area (Å²) in [6.45, 7) is 1.69. The van der Waals surface area contributed by atoms with Crippen molar-refractivity contribution in [3.63, 3.8) is 0 Å². The SMILES string of the molecule is Nc1ccccc1CC(=O)NCC(=O)N1CCCC1. The lowest BCUT2D eigenvalue weighted by Crippen LogP contribution is -2.39. The van der Waals surface area contributed by atoms with Crippen molar-refractivity contribution in [3.8, 4) is 0 Å². The van der Waals surface area contributed by atoms with E-state index in [-0.39, 0.29) is 24.8 Å². The van der Waals surface area contributed by atoms with Crippen LogP contribution < -0.4 is 11.1 Å². The zero-order chi connectivity index (χ0) is 13.7. The van der Waals surface area contributed by atoms with Gasteiger partial charge in [-0.25, -0.2) is 0 Å². The smallest absolute Gasteiger partial charge is 0.241 e. The summed E-state index contributed by atoms with van der Waals surface area (Å²) < 4.78 is 0. The number of benzene rings is 1. The van der Waals surface area contributed by atoms with Crippen molar-refractivity contribution in [3.05, 3.63) is 29.8 Å². The monoisotopic (exact) mass is 261 g/mol. The van der Waals surface area contributed by atoms with E-state index >= 15 is 0 Å². The molecule has 0 unspecified atom stereocenters. The van der Waals surface area contributed by atoms with Gasteiger partial charge >= 0.3 is 0 Å². The van der Waals surface area contributed by atoms with E-state index in [0.29, 0.717) is 5.69 Å². The van der Waals surface area contributed by atoms with E-state index < -0.39 is 0 Å². The van der Waals surface area contributed by atoms with Crippen molar-refractivity contribution in [2.24, 2.45) is 0 Å². The maximum atomic E-state index is 11.8. The van der Waals surface area contributed by atoms with E-state index in [0.717, 1.165) is 31.5 Å². The third kappa shape index (κ3) is 3.71. The van der Waals surface area contributed by atoms with Crippen LogP contribution in [0.5, 0.6) is 0 Å². The van der Waals surface area contributed by atoms with E-state index in [1.807, 2.05) is 18.2 Å². The number of hydrogen-bond donors (Lipinski definition) is 2. The van der Waals surface area contributed by atoms with Gasteiger partial charge in [0.1, 0.15) is 0 Å². The number of nitrogen functional groups attached to an aromatic ring is 1. The number of amides is 2. The highest BCUT2D eigenvalue weighted by molar-refractivity contribution is 5.86. The van der Waals surface area contributed by atoms with Gasteiger partial charge in [0.05, 0.1) is 13.0 Å². The van der Waals surface area contributed by atoms with Crippen LogP contribution in [0.3, 0.4) is 0 Å². The number of nitrogens with zero attached hydrogens (tertiary/aromatic N) is 1. The number of nitrogens with two attached hydrogens (primary N) is 1. The number of carbonyl (C=O) groups is 2. The molecule has 2 rings (SSSR count). The summed E-state index contributed by atoms with van der Waals surface area (Å²) in [4.78, 5) is 25.3. The third-order valence-corrected chi connectivity index (χ3v) is 3.30. The molecule has 0 radical (unpaired) electrons. The third-order valence-electron chi connectivity index (χ3n) is 3.30. The van der Waals surface area contributed by atoms with Gasteiger partial charge in [-0.3, -0.25) is 9.59 Å². The van der Waals surface area contributed by atoms with Crippen LogP contribution in [-0.4, -0.2) is 36.3 Å². The number of anilines is 1. The van der Waals surface area contributed by atoms with Crippen molar-refractivity contribution in [1.82, 2.24) is 10.2 Å². The second kappa shape index (κ2) is 6.22. The van der Waals surface area contributed by atoms with Crippen LogP contribution in [0.15, 0.2) is 24.3 Å². The Hall–Kier alpha value is -2.04. The quantitative estimate of drug-likeness (QED) is 0.777. The Bertz CT molecular complexity index is 468. The van der Waals surface area contributed by atoms with Gasteiger partial charge in [0.25, 0.3) is 0 Å². The molecule has 0 aliphatic carbocycles. The number of rotatable bonds is 4. The van der Waals surface area contributed by atoms with Crippen molar-refractivity contribution < 1.29 is 9.59 Å². The van der Waals surface area contributed by atoms with E-state index in [1.165, 1.54) is 0 Å². The first-order valence-corrected chi connectivity index (χ1v) is 6.54. The molecule has 1 aromatic rings. The van der Waals surface area contributed by atoms with Crippen LogP contribution in [0.2, 0.25) is 0 Å². The first-order chi connectivity index (χ1) is 9.16. The highest BCUT2D eigenvalue weighted by Crippen LogP contribution is 2.11. The zero-order valence-electron chi connectivity index (χ0n) is 10.9. The molecule has 1 saturated heterocycles. The molecule has 0 atom stereocenters. The molecule has 1 aliphatic rings. The average Bonchev–Trinajstić information content (AvgIpc) is 2.93. The van der Waals surface area contributed by atoms with Crippen LogP contribution in [0.4, 0.5) is 5.69 Å². The summed E-state index contributed by atoms with van der Waals surface area (Å²) in [5.74, 6) is -0.183. The molecule has 0 saturated carbocycles. The molecule has 102 valence electrons. The highest BCUT2D eigenvalue weighted by Gasteiger charge is 2.18. The highest BCUT2D eigenvalue weighted by atomic mass is 16.2. The van der Waals surface area contributed by atoms with Crippen molar-refractivity contribution >= 4 is 17.5 Å². The summed E-state index contributed by atoms with van der Waals surface area (Å²) >= 11 is 0. The Morgan fingerprint density at radius 1 is 1.21 bits per heavy atom. The zero-order valence-corrected chi connectivity index (χ0v) is 10.9. The lowest BCUT2D eigenvalue weighted by Gasteiger charge is -2.15. The molecule has 0 aromatic heterocycles. The minimum Gasteiger partial charge on any atom is -0.398 e. The first kappa shape index (κ1) is 13.4. The lowest BCUT2D eigenvalue weighted by atomic mass is 10.1. The Labute approximate surface area is 112 Å². The second-order valence-electron chi connectivity index (χ2n) is 4.74. The summed E-state index contributed by atoms with van der Waals surface area (Å²) in [6.07, 6.45) is 2.32. The number of nitrogens with one attached hydrogen (secondary N) is 1. The summed E-state index contributed by atoms with van der Waals surface area (Å²) in [5, 5.41) is 2.65. The molecule has 0 spiro atoms. The molecular formula is C14H19N3O2. The maximum Gasteiger partial charge on any atom is 0.241 e. The topological polar surface area (TPSA) is 75.4 Å². The van der Waals surface area contributed by atoms with E-state index in [2.05, 4.69) is 5.32 Å². The van der Waals surface area contributed by atoms with Gasteiger partial charge in [-0.05, 0) is 24.5 Å². The molecule has 19 heavy (non-hydrogen) atoms. The van der Waals surface area contributed by atoms with Gasteiger partial charge in [0, 0.05) is 18.8 Å². The van der Waals surface area contributed by atoms with Crippen LogP contribution in [0.1, 0.15) is 18.4 Å². The van der Waals surface area contributed by atoms with Gasteiger partial charge in [-0.15, -0.1) is 0 Å². The Balaban J connectivity index is 1.78. The van der Waals surface area contributed by atoms with Crippen molar-refractivity contribution in [2.45, 2.75) is 19.3 Å². The molecule has 3 N–H and O–H groups in total. The maximum absolute atomic E-state index is 11.8. The lowest BCUT2D eigenvalue weighted by molar-refractivity contribution is -0.131. The second-order valence-corrected chi connectivity index (χ2v) is 4.74. The molecule has 1 fully saturated rings. The number of likely N-dealkylation sites (tertiary alicyclic amines) is 1. The molecule has 5 heteroatoms. The summed E-state index contributed by atoms with van der Waals surface area (Å²) in [6, 6.07) is 7.25. The molecule has 1 aliphatic heterocycles. The molecule has 0 bridgehead atoms. The summed E-state index contributed by atoms with van der Waals surface area (Å²) in [7, 11) is 0. The van der Waals surface area contributed by atoms with E-state index in [4.69, 9.17) is 5.73 Å². The molecule has 5 nitrogen and oxygen atoms in total. The fraction of sp³-hybridized carbons (Fsp3) is 0.429. The fourth-order valence-electron chi connectivity index (χ4n) is 2.18. The fourth-order valence-corrected chi connectivity index (χ4v) is 2.18. The number of carbonyl (C=O) groups excluding carboxylic acids is 2. The molecule has 1 heterocycles. The first-order valence-electron chi connectivity index (χ1n) is 6.54. The molecular weight excluding hydrogens is 242 g/mol. The summed E-state index contributed by atoms with van der Waals surface area (Å²) in [5.41, 5.74) is 7.16. The van der Waals surface area contributed by atoms with Crippen molar-refractivity contribution in [2.75, 3.05) is 25.4 Å². The minimum absolute atomic E-state index is 0.00752. The Kier molecular flexibility index (Phi) is 4.39.